The number of hydrogen-bond acceptors (Lipinski definition) is 14. The molecule has 20 heteroatoms. The van der Waals surface area contributed by atoms with Crippen LogP contribution in [0.1, 0.15) is 166 Å². The highest BCUT2D eigenvalue weighted by Crippen LogP contribution is 2.53. The Bertz CT molecular complexity index is 965. The van der Waals surface area contributed by atoms with Gasteiger partial charge in [-0.2, -0.15) is 0 Å². The lowest BCUT2D eigenvalue weighted by Gasteiger charge is -2.36. The van der Waals surface area contributed by atoms with E-state index in [9.17, 15) is 28.4 Å². The fourth-order valence-corrected chi connectivity index (χ4v) is 11.1. The summed E-state index contributed by atoms with van der Waals surface area (Å²) in [6.45, 7) is 35.4. The smallest absolute Gasteiger partial charge is 0.473 e. The summed E-state index contributed by atoms with van der Waals surface area (Å²) in [5.74, 6) is 0. The summed E-state index contributed by atoms with van der Waals surface area (Å²) >= 11 is 9.61. The van der Waals surface area contributed by atoms with Gasteiger partial charge in [0.25, 0.3) is 7.82 Å². The second-order valence-electron chi connectivity index (χ2n) is 19.5. The predicted octanol–water partition coefficient (Wildman–Crippen LogP) is 10.9. The van der Waals surface area contributed by atoms with Gasteiger partial charge >= 0.3 is 14.5 Å². The molecule has 320 valence electrons. The van der Waals surface area contributed by atoms with Gasteiger partial charge in [0, 0.05) is 0 Å². The minimum atomic E-state index is -4.19. The summed E-state index contributed by atoms with van der Waals surface area (Å²) in [4.78, 5) is 30.2. The average Bonchev–Trinajstić information content (AvgIpc) is 2.51. The molecule has 0 saturated heterocycles. The summed E-state index contributed by atoms with van der Waals surface area (Å²) in [7, 11) is -8.12. The van der Waals surface area contributed by atoms with Crippen molar-refractivity contribution in [1.29, 1.82) is 0 Å². The first kappa shape index (κ1) is 59.9. The number of hydrogen-bond donors (Lipinski definition) is 2. The van der Waals surface area contributed by atoms with Crippen molar-refractivity contribution in [3.63, 3.8) is 0 Å². The van der Waals surface area contributed by atoms with Crippen molar-refractivity contribution in [2.24, 2.45) is 0 Å². The van der Waals surface area contributed by atoms with Crippen molar-refractivity contribution < 1.29 is 64.6 Å². The third-order valence-corrected chi connectivity index (χ3v) is 10.2. The lowest BCUT2D eigenvalue weighted by Crippen LogP contribution is -2.27. The molecule has 0 atom stereocenters. The third-order valence-electron chi connectivity index (χ3n) is 3.10. The molecule has 0 fully saturated rings. The SMILES string of the molecule is CC(C)(C)OP(=O)(O)OC(C)(C)C.CC(C)(C)OP(=O)([O-])OC(C)(C)C.CC(C)(C)OP(=O)([S-])OC(C)(C)C.CC(C)(C)OP(O)(=S)OC(C)(C)C. The topological polar surface area (TPSA) is 189 Å². The second kappa shape index (κ2) is 20.8. The molecule has 0 aromatic heterocycles. The van der Waals surface area contributed by atoms with Crippen molar-refractivity contribution in [3.05, 3.63) is 0 Å². The van der Waals surface area contributed by atoms with Gasteiger partial charge < -0.3 is 54.1 Å². The van der Waals surface area contributed by atoms with Crippen LogP contribution in [0.5, 0.6) is 0 Å². The molecular formula is C32H74O14P4S2-2. The van der Waals surface area contributed by atoms with Crippen molar-refractivity contribution in [2.75, 3.05) is 0 Å². The lowest BCUT2D eigenvalue weighted by atomic mass is 10.2. The molecule has 0 unspecified atom stereocenters. The molecule has 0 aromatic rings. The van der Waals surface area contributed by atoms with Gasteiger partial charge in [-0.15, -0.1) is 0 Å². The van der Waals surface area contributed by atoms with E-state index < -0.39 is 74.0 Å². The van der Waals surface area contributed by atoms with Crippen LogP contribution in [0, 0.1) is 0 Å². The highest BCUT2D eigenvalue weighted by atomic mass is 32.7. The Morgan fingerprint density at radius 3 is 0.731 bits per heavy atom. The monoisotopic (exact) mass is 870 g/mol. The van der Waals surface area contributed by atoms with E-state index >= 15 is 0 Å². The largest absolute Gasteiger partial charge is 0.756 e. The van der Waals surface area contributed by atoms with Crippen LogP contribution in [0.2, 0.25) is 0 Å². The van der Waals surface area contributed by atoms with Gasteiger partial charge in [0.15, 0.2) is 0 Å². The molecule has 0 rings (SSSR count). The zero-order valence-electron chi connectivity index (χ0n) is 36.4. The molecule has 0 saturated carbocycles. The number of rotatable bonds is 8. The predicted molar refractivity (Wildman–Crippen MR) is 216 cm³/mol. The molecule has 52 heavy (non-hydrogen) atoms. The van der Waals surface area contributed by atoms with Crippen LogP contribution in [0.4, 0.5) is 0 Å². The van der Waals surface area contributed by atoms with Crippen molar-refractivity contribution in [2.45, 2.75) is 211 Å². The Labute approximate surface area is 327 Å². The molecule has 0 heterocycles. The zero-order valence-corrected chi connectivity index (χ0v) is 41.6. The Morgan fingerprint density at radius 1 is 0.404 bits per heavy atom. The maximum atomic E-state index is 11.6. The molecule has 0 aliphatic carbocycles. The Hall–Kier alpha value is 1.25. The molecule has 0 spiro atoms. The van der Waals surface area contributed by atoms with Crippen molar-refractivity contribution >= 4 is 53.2 Å². The van der Waals surface area contributed by atoms with E-state index in [-0.39, 0.29) is 0 Å². The van der Waals surface area contributed by atoms with Gasteiger partial charge in [-0.05, 0) is 178 Å². The molecule has 0 aliphatic rings. The van der Waals surface area contributed by atoms with Crippen LogP contribution in [0.3, 0.4) is 0 Å². The Kier molecular flexibility index (Phi) is 24.0. The minimum Gasteiger partial charge on any atom is -0.756 e. The van der Waals surface area contributed by atoms with Crippen molar-refractivity contribution in [1.82, 2.24) is 0 Å². The van der Waals surface area contributed by atoms with E-state index in [0.717, 1.165) is 0 Å². The summed E-state index contributed by atoms with van der Waals surface area (Å²) in [6.07, 6.45) is 0. The van der Waals surface area contributed by atoms with E-state index in [4.69, 9.17) is 60.2 Å². The molecule has 14 nitrogen and oxygen atoms in total. The summed E-state index contributed by atoms with van der Waals surface area (Å²) in [5.41, 5.74) is -4.90. The first-order valence-electron chi connectivity index (χ1n) is 16.6. The number of phosphoric acid groups is 2. The second-order valence-corrected chi connectivity index (χ2v) is 27.3. The first-order valence-corrected chi connectivity index (χ1v) is 24.7. The van der Waals surface area contributed by atoms with E-state index in [2.05, 4.69) is 0 Å². The quantitative estimate of drug-likeness (QED) is 0.173. The fraction of sp³-hybridized carbons (Fsp3) is 1.00. The third kappa shape index (κ3) is 53.4. The maximum absolute atomic E-state index is 11.6. The van der Waals surface area contributed by atoms with Crippen LogP contribution < -0.4 is 4.89 Å². The van der Waals surface area contributed by atoms with Gasteiger partial charge in [0.05, 0.1) is 44.8 Å². The summed E-state index contributed by atoms with van der Waals surface area (Å²) < 4.78 is 74.4. The molecule has 0 aliphatic heterocycles. The van der Waals surface area contributed by atoms with Gasteiger partial charge in [-0.3, -0.25) is 18.2 Å². The van der Waals surface area contributed by atoms with Crippen LogP contribution in [0.15, 0.2) is 0 Å². The molecule has 0 bridgehead atoms. The molecule has 0 amide bonds. The van der Waals surface area contributed by atoms with Crippen LogP contribution >= 0.6 is 29.2 Å². The van der Waals surface area contributed by atoms with E-state index in [1.54, 1.807) is 125 Å². The van der Waals surface area contributed by atoms with Gasteiger partial charge in [0.1, 0.15) is 0 Å². The Morgan fingerprint density at radius 2 is 0.577 bits per heavy atom. The molecule has 0 aromatic carbocycles. The van der Waals surface area contributed by atoms with Crippen LogP contribution in [-0.2, 0) is 73.9 Å². The molecule has 2 N–H and O–H groups in total. The normalized spacial score (nSPS) is 14.7. The van der Waals surface area contributed by atoms with Gasteiger partial charge in [-0.1, -0.05) is 0 Å². The highest BCUT2D eigenvalue weighted by Gasteiger charge is 2.33. The summed E-state index contributed by atoms with van der Waals surface area (Å²) in [6, 6.07) is 0. The zero-order chi connectivity index (χ0) is 43.7. The number of phosphoric ester groups is 2. The lowest BCUT2D eigenvalue weighted by molar-refractivity contribution is -0.241. The molecule has 0 radical (unpaired) electrons. The first-order chi connectivity index (χ1) is 21.7. The van der Waals surface area contributed by atoms with E-state index in [1.807, 2.05) is 41.5 Å². The maximum Gasteiger partial charge on any atom is 0.473 e. The molecular weight excluding hydrogens is 796 g/mol. The average molecular weight is 871 g/mol. The van der Waals surface area contributed by atoms with Crippen LogP contribution in [0.25, 0.3) is 0 Å². The standard InChI is InChI=1S/2C8H19O4P.2C8H19O3PS/c2*1-7(2,3)11-13(9,10)12-8(4,5)6;2*1-7(2,3)10-12(9,13)11-8(4,5)6/h2*1-6H3,(H,9,10);2*1-6H3,(H,9,13)/p-2. The Balaban J connectivity index is -0.000000295. The van der Waals surface area contributed by atoms with Crippen molar-refractivity contribution in [3.8, 4) is 0 Å². The minimum absolute atomic E-state index is 0.477. The fourth-order valence-electron chi connectivity index (χ4n) is 2.80. The van der Waals surface area contributed by atoms with Gasteiger partial charge in [0.2, 0.25) is 6.80 Å². The van der Waals surface area contributed by atoms with Gasteiger partial charge in [-0.25, -0.2) is 4.57 Å². The highest BCUT2D eigenvalue weighted by molar-refractivity contribution is 8.32. The van der Waals surface area contributed by atoms with E-state index in [1.165, 1.54) is 0 Å². The summed E-state index contributed by atoms with van der Waals surface area (Å²) in [5, 5.41) is 0. The van der Waals surface area contributed by atoms with E-state index in [0.29, 0.717) is 0 Å². The van der Waals surface area contributed by atoms with Crippen LogP contribution in [-0.4, -0.2) is 54.6 Å².